The van der Waals surface area contributed by atoms with Gasteiger partial charge in [0, 0.05) is 10.8 Å². The van der Waals surface area contributed by atoms with E-state index in [9.17, 15) is 10.2 Å². The Kier molecular flexibility index (Phi) is 26.8. The van der Waals surface area contributed by atoms with Gasteiger partial charge in [0.2, 0.25) is 0 Å². The average Bonchev–Trinajstić information content (AvgIpc) is 2.32. The number of rotatable bonds is 0. The summed E-state index contributed by atoms with van der Waals surface area (Å²) in [4.78, 5) is 51.3. The smallest absolute Gasteiger partial charge is 0.822 e. The summed E-state index contributed by atoms with van der Waals surface area (Å²) in [7, 11) is -10.8. The Hall–Kier alpha value is 2.52. The molecule has 2 N–H and O–H groups in total. The molecule has 0 aliphatic heterocycles. The molecule has 0 atom stereocenters. The van der Waals surface area contributed by atoms with Crippen molar-refractivity contribution in [3.05, 3.63) is 35.9 Å². The molecule has 27 heavy (non-hydrogen) atoms. The van der Waals surface area contributed by atoms with Gasteiger partial charge in [-0.1, -0.05) is 24.3 Å². The molecule has 0 aromatic heterocycles. The predicted molar refractivity (Wildman–Crippen MR) is 67.2 cm³/mol. The van der Waals surface area contributed by atoms with Crippen molar-refractivity contribution in [3.63, 3.8) is 0 Å². The van der Waals surface area contributed by atoms with Crippen molar-refractivity contribution >= 4 is 26.4 Å². The monoisotopic (exact) mass is 456 g/mol. The standard InChI is InChI=1S/C11H10O2.4Na.2H3O4P/c1-7-6-10(12)8-4-2-3-5-9(8)11(7)13;;;;;2*1-5(2,3)4/h2-6,12-13H,1H3;;;;;2*(H3,1,2,3,4)/q;4*+1;;/p-6. The van der Waals surface area contributed by atoms with Crippen LogP contribution in [0.25, 0.3) is 10.8 Å². The Labute approximate surface area is 244 Å². The first kappa shape index (κ1) is 39.9. The summed E-state index contributed by atoms with van der Waals surface area (Å²) >= 11 is 0. The van der Waals surface area contributed by atoms with E-state index in [1.54, 1.807) is 25.1 Å². The third-order valence-electron chi connectivity index (χ3n) is 2.18. The Morgan fingerprint density at radius 2 is 1.04 bits per heavy atom. The van der Waals surface area contributed by atoms with Crippen LogP contribution in [-0.4, -0.2) is 10.2 Å². The van der Waals surface area contributed by atoms with Crippen LogP contribution in [0.2, 0.25) is 0 Å². The van der Waals surface area contributed by atoms with Crippen molar-refractivity contribution in [3.8, 4) is 11.5 Å². The molecule has 10 nitrogen and oxygen atoms in total. The molecule has 16 heteroatoms. The van der Waals surface area contributed by atoms with Crippen molar-refractivity contribution < 1.29 is 167 Å². The Morgan fingerprint density at radius 1 is 0.741 bits per heavy atom. The van der Waals surface area contributed by atoms with Gasteiger partial charge in [-0.3, -0.25) is 0 Å². The van der Waals surface area contributed by atoms with E-state index in [0.29, 0.717) is 16.3 Å². The second kappa shape index (κ2) is 18.1. The van der Waals surface area contributed by atoms with Crippen LogP contribution >= 0.6 is 15.6 Å². The van der Waals surface area contributed by atoms with Gasteiger partial charge in [-0.05, 0) is 18.6 Å². The molecule has 2 aromatic carbocycles. The molecule has 0 unspecified atom stereocenters. The third kappa shape index (κ3) is 23.0. The summed E-state index contributed by atoms with van der Waals surface area (Å²) in [6, 6.07) is 8.80. The number of hydrogen-bond donors (Lipinski definition) is 2. The fourth-order valence-electron chi connectivity index (χ4n) is 1.48. The molecule has 0 radical (unpaired) electrons. The normalized spacial score (nSPS) is 9.44. The fourth-order valence-corrected chi connectivity index (χ4v) is 1.48. The quantitative estimate of drug-likeness (QED) is 0.217. The number of hydrogen-bond acceptors (Lipinski definition) is 10. The zero-order valence-corrected chi connectivity index (χ0v) is 25.2. The number of phosphoric acid groups is 2. The van der Waals surface area contributed by atoms with Gasteiger partial charge < -0.3 is 48.7 Å². The largest absolute Gasteiger partial charge is 1.00 e. The molecule has 0 bridgehead atoms. The Balaban J connectivity index is -0.0000001000. The van der Waals surface area contributed by atoms with Gasteiger partial charge in [0.15, 0.2) is 0 Å². The minimum Gasteiger partial charge on any atom is -0.822 e. The number of aromatic hydroxyl groups is 2. The first-order chi connectivity index (χ1) is 10.2. The predicted octanol–water partition coefficient (Wildman–Crippen LogP) is -15.1. The van der Waals surface area contributed by atoms with Crippen LogP contribution in [0.4, 0.5) is 0 Å². The van der Waals surface area contributed by atoms with Gasteiger partial charge in [-0.15, -0.1) is 0 Å². The summed E-state index contributed by atoms with van der Waals surface area (Å²) in [6.07, 6.45) is 0. The molecule has 0 saturated carbocycles. The summed E-state index contributed by atoms with van der Waals surface area (Å²) in [5.74, 6) is 0.458. The fraction of sp³-hybridized carbons (Fsp3) is 0.0909. The van der Waals surface area contributed by atoms with E-state index in [1.165, 1.54) is 0 Å². The van der Waals surface area contributed by atoms with Crippen LogP contribution in [0.15, 0.2) is 30.3 Å². The van der Waals surface area contributed by atoms with Crippen molar-refractivity contribution in [1.29, 1.82) is 0 Å². The number of phenolic OH excluding ortho intramolecular Hbond substituents is 2. The topological polar surface area (TPSA) is 213 Å². The van der Waals surface area contributed by atoms with E-state index in [1.807, 2.05) is 12.1 Å². The number of aryl methyl sites for hydroxylation is 1. The van der Waals surface area contributed by atoms with E-state index in [2.05, 4.69) is 0 Å². The van der Waals surface area contributed by atoms with Crippen LogP contribution < -0.4 is 148 Å². The van der Waals surface area contributed by atoms with Crippen LogP contribution in [0, 0.1) is 6.92 Å². The molecule has 2 aromatic rings. The number of benzene rings is 2. The maximum Gasteiger partial charge on any atom is 1.00 e. The third-order valence-corrected chi connectivity index (χ3v) is 2.18. The summed E-state index contributed by atoms with van der Waals surface area (Å²) in [6.45, 7) is 1.77. The minimum atomic E-state index is -5.39. The van der Waals surface area contributed by atoms with E-state index < -0.39 is 15.6 Å². The Bertz CT molecular complexity index is 728. The summed E-state index contributed by atoms with van der Waals surface area (Å²) in [5, 5.41) is 20.6. The first-order valence-corrected chi connectivity index (χ1v) is 8.48. The molecule has 130 valence electrons. The molecule has 0 amide bonds. The van der Waals surface area contributed by atoms with E-state index in [0.717, 1.165) is 0 Å². The van der Waals surface area contributed by atoms with Crippen LogP contribution in [-0.2, 0) is 9.13 Å². The van der Waals surface area contributed by atoms with E-state index >= 15 is 0 Å². The molecule has 0 fully saturated rings. The second-order valence-corrected chi connectivity index (χ2v) is 5.79. The van der Waals surface area contributed by atoms with Gasteiger partial charge in [-0.25, -0.2) is 0 Å². The SMILES string of the molecule is Cc1cc(O)c2ccccc2c1O.O=P([O-])([O-])[O-].O=P([O-])([O-])[O-].[Na+].[Na+].[Na+].[Na+]. The molecular weight excluding hydrogens is 446 g/mol. The molecule has 2 rings (SSSR count). The zero-order chi connectivity index (χ0) is 18.4. The molecule has 0 saturated heterocycles. The van der Waals surface area contributed by atoms with Crippen molar-refractivity contribution in [2.45, 2.75) is 6.92 Å². The van der Waals surface area contributed by atoms with Gasteiger partial charge in [0.05, 0.1) is 0 Å². The van der Waals surface area contributed by atoms with Gasteiger partial charge in [0.25, 0.3) is 0 Å². The number of phenols is 2. The Morgan fingerprint density at radius 3 is 1.37 bits per heavy atom. The van der Waals surface area contributed by atoms with Crippen LogP contribution in [0.1, 0.15) is 5.56 Å². The van der Waals surface area contributed by atoms with Crippen LogP contribution in [0.5, 0.6) is 11.5 Å². The van der Waals surface area contributed by atoms with E-state index in [-0.39, 0.29) is 130 Å². The van der Waals surface area contributed by atoms with Crippen molar-refractivity contribution in [2.75, 3.05) is 0 Å². The molecule has 0 aliphatic carbocycles. The van der Waals surface area contributed by atoms with Gasteiger partial charge in [0.1, 0.15) is 11.5 Å². The van der Waals surface area contributed by atoms with Gasteiger partial charge in [-0.2, -0.15) is 15.6 Å². The second-order valence-electron chi connectivity index (χ2n) is 4.00. The summed E-state index contributed by atoms with van der Waals surface area (Å²) < 4.78 is 17.1. The van der Waals surface area contributed by atoms with E-state index in [4.69, 9.17) is 38.5 Å². The maximum absolute atomic E-state index is 9.67. The van der Waals surface area contributed by atoms with Crippen molar-refractivity contribution in [1.82, 2.24) is 0 Å². The molecule has 0 aliphatic rings. The zero-order valence-electron chi connectivity index (χ0n) is 15.4. The van der Waals surface area contributed by atoms with Crippen molar-refractivity contribution in [2.24, 2.45) is 0 Å². The minimum absolute atomic E-state index is 0. The summed E-state index contributed by atoms with van der Waals surface area (Å²) in [5.41, 5.74) is 0.691. The van der Waals surface area contributed by atoms with Crippen LogP contribution in [0.3, 0.4) is 0 Å². The molecule has 0 heterocycles. The number of fused-ring (bicyclic) bond motifs is 1. The molecular formula is C11H10Na4O10P2-2. The maximum atomic E-state index is 9.67. The van der Waals surface area contributed by atoms with Gasteiger partial charge >= 0.3 is 118 Å². The molecule has 0 spiro atoms. The average molecular weight is 456 g/mol. The first-order valence-electron chi connectivity index (χ1n) is 5.56.